The summed E-state index contributed by atoms with van der Waals surface area (Å²) in [4.78, 5) is 16.1. The van der Waals surface area contributed by atoms with Crippen LogP contribution in [0.2, 0.25) is 0 Å². The van der Waals surface area contributed by atoms with Crippen LogP contribution in [-0.4, -0.2) is 31.4 Å². The van der Waals surface area contributed by atoms with Gasteiger partial charge in [0.25, 0.3) is 0 Å². The predicted octanol–water partition coefficient (Wildman–Crippen LogP) is -0.420. The molecule has 1 atom stereocenters. The summed E-state index contributed by atoms with van der Waals surface area (Å²) in [6.45, 7) is 0. The van der Waals surface area contributed by atoms with Crippen molar-refractivity contribution in [3.05, 3.63) is 22.8 Å². The second-order valence-corrected chi connectivity index (χ2v) is 5.11. The van der Waals surface area contributed by atoms with E-state index in [0.717, 1.165) is 5.56 Å². The number of nitrogens with one attached hydrogen (secondary N) is 1. The Hall–Kier alpha value is -1.03. The Morgan fingerprint density at radius 2 is 2.43 bits per heavy atom. The van der Waals surface area contributed by atoms with Crippen molar-refractivity contribution in [2.45, 2.75) is 12.5 Å². The van der Waals surface area contributed by atoms with Gasteiger partial charge in [-0.05, 0) is 0 Å². The SMILES string of the molecule is NC(=O)[C@@H](N)Cc1c[nH]c2[se]ccc12. The Morgan fingerprint density at radius 3 is 3.14 bits per heavy atom. The zero-order valence-corrected chi connectivity index (χ0v) is 9.20. The number of hydrogen-bond donors (Lipinski definition) is 3. The molecule has 0 bridgehead atoms. The van der Waals surface area contributed by atoms with Gasteiger partial charge in [0.15, 0.2) is 0 Å². The summed E-state index contributed by atoms with van der Waals surface area (Å²) >= 11 is 0.407. The number of hydrogen-bond acceptors (Lipinski definition) is 2. The topological polar surface area (TPSA) is 84.9 Å². The molecule has 0 aromatic carbocycles. The van der Waals surface area contributed by atoms with E-state index in [1.807, 2.05) is 6.20 Å². The third kappa shape index (κ3) is 1.62. The van der Waals surface area contributed by atoms with Crippen molar-refractivity contribution in [1.82, 2.24) is 4.98 Å². The number of primary amides is 1. The zero-order chi connectivity index (χ0) is 10.1. The van der Waals surface area contributed by atoms with Gasteiger partial charge in [-0.25, -0.2) is 0 Å². The number of aromatic amines is 1. The molecule has 74 valence electrons. The summed E-state index contributed by atoms with van der Waals surface area (Å²) in [6, 6.07) is 1.49. The molecule has 0 aliphatic heterocycles. The molecule has 0 fully saturated rings. The fourth-order valence-corrected chi connectivity index (χ4v) is 3.08. The van der Waals surface area contributed by atoms with Gasteiger partial charge in [-0.1, -0.05) is 0 Å². The number of H-pyrrole nitrogens is 1. The maximum absolute atomic E-state index is 10.8. The van der Waals surface area contributed by atoms with E-state index in [0.29, 0.717) is 20.9 Å². The van der Waals surface area contributed by atoms with Crippen LogP contribution in [0.4, 0.5) is 0 Å². The molecule has 0 unspecified atom stereocenters. The molecule has 2 aromatic rings. The van der Waals surface area contributed by atoms with Gasteiger partial charge in [0, 0.05) is 0 Å². The molecule has 14 heavy (non-hydrogen) atoms. The maximum atomic E-state index is 10.8. The van der Waals surface area contributed by atoms with Crippen molar-refractivity contribution in [2.75, 3.05) is 0 Å². The van der Waals surface area contributed by atoms with E-state index in [-0.39, 0.29) is 0 Å². The van der Waals surface area contributed by atoms with Crippen molar-refractivity contribution in [3.8, 4) is 0 Å². The normalized spacial score (nSPS) is 13.2. The fraction of sp³-hybridized carbons (Fsp3) is 0.222. The number of carbonyl (C=O) groups excluding carboxylic acids is 1. The molecule has 5 N–H and O–H groups in total. The van der Waals surface area contributed by atoms with E-state index in [1.165, 1.54) is 9.78 Å². The molecule has 0 aliphatic carbocycles. The van der Waals surface area contributed by atoms with E-state index in [2.05, 4.69) is 16.0 Å². The van der Waals surface area contributed by atoms with Crippen LogP contribution in [0.15, 0.2) is 17.2 Å². The molecular formula is C9H11N3OSe. The van der Waals surface area contributed by atoms with E-state index in [1.54, 1.807) is 0 Å². The number of rotatable bonds is 3. The van der Waals surface area contributed by atoms with Crippen LogP contribution >= 0.6 is 0 Å². The first kappa shape index (κ1) is 9.52. The van der Waals surface area contributed by atoms with Gasteiger partial charge in [0.2, 0.25) is 0 Å². The first-order valence-electron chi connectivity index (χ1n) is 4.27. The summed E-state index contributed by atoms with van der Waals surface area (Å²) in [6.07, 6.45) is 2.43. The van der Waals surface area contributed by atoms with E-state index in [9.17, 15) is 4.79 Å². The third-order valence-electron chi connectivity index (χ3n) is 2.19. The van der Waals surface area contributed by atoms with Gasteiger partial charge in [0.1, 0.15) is 0 Å². The molecule has 0 saturated carbocycles. The standard InChI is InChI=1S/C9H11N3OSe/c10-7(8(11)13)3-5-4-12-9-6(5)1-2-14-9/h1-2,4,7,12H,3,10H2,(H2,11,13)/t7-/m0/s1. The van der Waals surface area contributed by atoms with Crippen molar-refractivity contribution in [3.63, 3.8) is 0 Å². The Kier molecular flexibility index (Phi) is 2.46. The van der Waals surface area contributed by atoms with Crippen LogP contribution in [0.25, 0.3) is 9.78 Å². The molecule has 0 aliphatic rings. The minimum atomic E-state index is -0.587. The molecule has 2 heterocycles. The monoisotopic (exact) mass is 257 g/mol. The first-order valence-corrected chi connectivity index (χ1v) is 6.11. The molecule has 5 heteroatoms. The molecule has 1 amide bonds. The van der Waals surface area contributed by atoms with Gasteiger partial charge >= 0.3 is 86.7 Å². The van der Waals surface area contributed by atoms with Crippen LogP contribution in [0, 0.1) is 0 Å². The molecular weight excluding hydrogens is 245 g/mol. The molecule has 4 nitrogen and oxygen atoms in total. The number of nitrogens with two attached hydrogens (primary N) is 2. The predicted molar refractivity (Wildman–Crippen MR) is 56.1 cm³/mol. The second-order valence-electron chi connectivity index (χ2n) is 3.19. The van der Waals surface area contributed by atoms with E-state index in [4.69, 9.17) is 11.5 Å². The minimum absolute atomic E-state index is 0.407. The van der Waals surface area contributed by atoms with Gasteiger partial charge < -0.3 is 0 Å². The quantitative estimate of drug-likeness (QED) is 0.651. The Labute approximate surface area is 87.0 Å². The third-order valence-corrected chi connectivity index (χ3v) is 3.97. The van der Waals surface area contributed by atoms with Gasteiger partial charge in [-0.2, -0.15) is 0 Å². The average molecular weight is 256 g/mol. The van der Waals surface area contributed by atoms with Gasteiger partial charge in [-0.15, -0.1) is 0 Å². The van der Waals surface area contributed by atoms with Crippen LogP contribution < -0.4 is 11.5 Å². The van der Waals surface area contributed by atoms with Crippen molar-refractivity contribution in [2.24, 2.45) is 11.5 Å². The summed E-state index contributed by atoms with van der Waals surface area (Å²) in [5, 5.41) is 1.20. The first-order chi connectivity index (χ1) is 6.68. The van der Waals surface area contributed by atoms with E-state index < -0.39 is 11.9 Å². The molecule has 0 spiro atoms. The summed E-state index contributed by atoms with van der Waals surface area (Å²) in [5.74, 6) is -0.451. The summed E-state index contributed by atoms with van der Waals surface area (Å²) < 4.78 is 1.25. The number of amides is 1. The Morgan fingerprint density at radius 1 is 1.64 bits per heavy atom. The summed E-state index contributed by atoms with van der Waals surface area (Å²) in [7, 11) is 0. The number of carbonyl (C=O) groups is 1. The van der Waals surface area contributed by atoms with Gasteiger partial charge in [-0.3, -0.25) is 0 Å². The molecule has 2 rings (SSSR count). The number of fused-ring (bicyclic) bond motifs is 1. The van der Waals surface area contributed by atoms with Crippen molar-refractivity contribution < 1.29 is 4.79 Å². The second kappa shape index (κ2) is 3.61. The Bertz CT molecular complexity index is 459. The van der Waals surface area contributed by atoms with Crippen LogP contribution in [-0.2, 0) is 11.2 Å². The molecule has 0 radical (unpaired) electrons. The fourth-order valence-electron chi connectivity index (χ4n) is 1.41. The van der Waals surface area contributed by atoms with Crippen LogP contribution in [0.3, 0.4) is 0 Å². The Balaban J connectivity index is 2.27. The average Bonchev–Trinajstić information content (AvgIpc) is 2.69. The van der Waals surface area contributed by atoms with Crippen LogP contribution in [0.1, 0.15) is 5.56 Å². The van der Waals surface area contributed by atoms with Gasteiger partial charge in [0.05, 0.1) is 0 Å². The molecule has 0 saturated heterocycles. The number of aromatic nitrogens is 1. The van der Waals surface area contributed by atoms with Crippen molar-refractivity contribution >= 4 is 30.2 Å². The summed E-state index contributed by atoms with van der Waals surface area (Å²) in [5.41, 5.74) is 11.8. The molecule has 2 aromatic heterocycles. The van der Waals surface area contributed by atoms with Crippen molar-refractivity contribution in [1.29, 1.82) is 0 Å². The zero-order valence-electron chi connectivity index (χ0n) is 7.49. The van der Waals surface area contributed by atoms with E-state index >= 15 is 0 Å². The van der Waals surface area contributed by atoms with Crippen LogP contribution in [0.5, 0.6) is 0 Å².